The molecule has 0 aliphatic heterocycles. The highest BCUT2D eigenvalue weighted by Crippen LogP contribution is 2.44. The number of carbonyl (C=O) groups is 1. The number of sulfonamides is 1. The van der Waals surface area contributed by atoms with Crippen LogP contribution in [0.2, 0.25) is 0 Å². The van der Waals surface area contributed by atoms with Gasteiger partial charge in [0.05, 0.1) is 18.6 Å². The van der Waals surface area contributed by atoms with E-state index in [-0.39, 0.29) is 11.9 Å². The Balaban J connectivity index is 1.75. The van der Waals surface area contributed by atoms with Gasteiger partial charge in [-0.2, -0.15) is 0 Å². The molecule has 26 heavy (non-hydrogen) atoms. The number of nitrogens with zero attached hydrogens (tertiary/aromatic N) is 1. The van der Waals surface area contributed by atoms with E-state index in [0.29, 0.717) is 24.0 Å². The van der Waals surface area contributed by atoms with Crippen LogP contribution in [-0.4, -0.2) is 39.3 Å². The molecule has 7 heteroatoms. The third-order valence-electron chi connectivity index (χ3n) is 5.56. The van der Waals surface area contributed by atoms with Gasteiger partial charge in [0, 0.05) is 6.04 Å². The van der Waals surface area contributed by atoms with Gasteiger partial charge in [0.1, 0.15) is 11.8 Å². The quantitative estimate of drug-likeness (QED) is 0.789. The topological polar surface area (TPSA) is 75.7 Å². The van der Waals surface area contributed by atoms with E-state index >= 15 is 0 Å². The predicted molar refractivity (Wildman–Crippen MR) is 102 cm³/mol. The Bertz CT molecular complexity index is 747. The second-order valence-corrected chi connectivity index (χ2v) is 9.31. The number of nitrogens with one attached hydrogen (secondary N) is 1. The summed E-state index contributed by atoms with van der Waals surface area (Å²) >= 11 is 0. The maximum absolute atomic E-state index is 12.8. The Kier molecular flexibility index (Phi) is 5.46. The lowest BCUT2D eigenvalue weighted by Crippen LogP contribution is -2.51. The standard InChI is InChI=1S/C19H28N2O4S/c1-4-25-17-9-7-16(8-10-17)21(26(3,23)24)13(2)19(22)20-18-12-14-5-6-15(18)11-14/h7-10,13-15,18H,4-6,11-12H2,1-3H3,(H,20,22)/t13-,14+,15+,18-/m1/s1. The summed E-state index contributed by atoms with van der Waals surface area (Å²) in [6.45, 7) is 4.07. The van der Waals surface area contributed by atoms with E-state index in [0.717, 1.165) is 18.6 Å². The van der Waals surface area contributed by atoms with Crippen LogP contribution in [0.5, 0.6) is 5.75 Å². The van der Waals surface area contributed by atoms with E-state index in [9.17, 15) is 13.2 Å². The highest BCUT2D eigenvalue weighted by molar-refractivity contribution is 7.92. The fourth-order valence-corrected chi connectivity index (χ4v) is 5.56. The molecule has 0 saturated heterocycles. The molecule has 2 aliphatic rings. The van der Waals surface area contributed by atoms with E-state index in [1.165, 1.54) is 23.6 Å². The summed E-state index contributed by atoms with van der Waals surface area (Å²) < 4.78 is 31.3. The van der Waals surface area contributed by atoms with Crippen molar-refractivity contribution in [2.45, 2.75) is 51.6 Å². The molecule has 0 unspecified atom stereocenters. The smallest absolute Gasteiger partial charge is 0.243 e. The van der Waals surface area contributed by atoms with Crippen molar-refractivity contribution in [2.75, 3.05) is 17.2 Å². The van der Waals surface area contributed by atoms with Crippen molar-refractivity contribution in [3.8, 4) is 5.75 Å². The average molecular weight is 381 g/mol. The van der Waals surface area contributed by atoms with Crippen molar-refractivity contribution in [1.29, 1.82) is 0 Å². The summed E-state index contributed by atoms with van der Waals surface area (Å²) in [4.78, 5) is 12.8. The van der Waals surface area contributed by atoms with Crippen LogP contribution in [-0.2, 0) is 14.8 Å². The van der Waals surface area contributed by atoms with E-state index in [1.54, 1.807) is 31.2 Å². The van der Waals surface area contributed by atoms with Gasteiger partial charge in [0.25, 0.3) is 0 Å². The lowest BCUT2D eigenvalue weighted by molar-refractivity contribution is -0.122. The Labute approximate surface area is 156 Å². The molecule has 3 rings (SSSR count). The highest BCUT2D eigenvalue weighted by Gasteiger charge is 2.41. The molecule has 144 valence electrons. The summed E-state index contributed by atoms with van der Waals surface area (Å²) in [5.41, 5.74) is 0.464. The monoisotopic (exact) mass is 380 g/mol. The number of anilines is 1. The summed E-state index contributed by atoms with van der Waals surface area (Å²) in [7, 11) is -3.60. The van der Waals surface area contributed by atoms with Crippen molar-refractivity contribution in [3.63, 3.8) is 0 Å². The summed E-state index contributed by atoms with van der Waals surface area (Å²) in [5.74, 6) is 1.71. The molecule has 2 saturated carbocycles. The molecule has 2 fully saturated rings. The number of carbonyl (C=O) groups excluding carboxylic acids is 1. The Morgan fingerprint density at radius 1 is 1.27 bits per heavy atom. The zero-order valence-electron chi connectivity index (χ0n) is 15.6. The van der Waals surface area contributed by atoms with Crippen LogP contribution in [0.1, 0.15) is 39.5 Å². The van der Waals surface area contributed by atoms with Gasteiger partial charge in [-0.3, -0.25) is 9.10 Å². The SMILES string of the molecule is CCOc1ccc(N([C@H](C)C(=O)N[C@@H]2C[C@H]3CC[C@H]2C3)S(C)(=O)=O)cc1. The lowest BCUT2D eigenvalue weighted by Gasteiger charge is -2.31. The van der Waals surface area contributed by atoms with E-state index < -0.39 is 16.1 Å². The number of fused-ring (bicyclic) bond motifs is 2. The molecule has 2 aliphatic carbocycles. The molecular formula is C19H28N2O4S. The molecule has 0 aromatic heterocycles. The van der Waals surface area contributed by atoms with E-state index in [1.807, 2.05) is 6.92 Å². The second kappa shape index (κ2) is 7.47. The second-order valence-electron chi connectivity index (χ2n) is 7.45. The van der Waals surface area contributed by atoms with Crippen LogP contribution in [0.3, 0.4) is 0 Å². The molecule has 1 aromatic rings. The van der Waals surface area contributed by atoms with Gasteiger partial charge < -0.3 is 10.1 Å². The zero-order valence-corrected chi connectivity index (χ0v) is 16.5. The molecule has 0 spiro atoms. The minimum atomic E-state index is -3.60. The molecule has 6 nitrogen and oxygen atoms in total. The number of hydrogen-bond acceptors (Lipinski definition) is 4. The van der Waals surface area contributed by atoms with Crippen molar-refractivity contribution < 1.29 is 17.9 Å². The van der Waals surface area contributed by atoms with Gasteiger partial charge in [-0.15, -0.1) is 0 Å². The van der Waals surface area contributed by atoms with Crippen LogP contribution < -0.4 is 14.4 Å². The van der Waals surface area contributed by atoms with Gasteiger partial charge in [-0.1, -0.05) is 6.42 Å². The van der Waals surface area contributed by atoms with Gasteiger partial charge >= 0.3 is 0 Å². The summed E-state index contributed by atoms with van der Waals surface area (Å²) in [6.07, 6.45) is 5.76. The van der Waals surface area contributed by atoms with Crippen molar-refractivity contribution >= 4 is 21.6 Å². The van der Waals surface area contributed by atoms with E-state index in [4.69, 9.17) is 4.74 Å². The molecule has 0 radical (unpaired) electrons. The number of rotatable bonds is 7. The number of benzene rings is 1. The maximum Gasteiger partial charge on any atom is 0.243 e. The zero-order chi connectivity index (χ0) is 18.9. The number of hydrogen-bond donors (Lipinski definition) is 1. The first kappa shape index (κ1) is 19.0. The Hall–Kier alpha value is -1.76. The first-order chi connectivity index (χ1) is 12.3. The molecule has 0 heterocycles. The maximum atomic E-state index is 12.8. The van der Waals surface area contributed by atoms with Crippen LogP contribution in [0, 0.1) is 11.8 Å². The largest absolute Gasteiger partial charge is 0.494 e. The van der Waals surface area contributed by atoms with Gasteiger partial charge in [-0.05, 0) is 69.2 Å². The van der Waals surface area contributed by atoms with Gasteiger partial charge in [0.2, 0.25) is 15.9 Å². The molecule has 1 amide bonds. The van der Waals surface area contributed by atoms with Crippen molar-refractivity contribution in [3.05, 3.63) is 24.3 Å². The van der Waals surface area contributed by atoms with Gasteiger partial charge in [0.15, 0.2) is 0 Å². The van der Waals surface area contributed by atoms with E-state index in [2.05, 4.69) is 5.32 Å². The van der Waals surface area contributed by atoms with Crippen molar-refractivity contribution in [1.82, 2.24) is 5.32 Å². The third kappa shape index (κ3) is 3.98. The van der Waals surface area contributed by atoms with Gasteiger partial charge in [-0.25, -0.2) is 8.42 Å². The van der Waals surface area contributed by atoms with Crippen LogP contribution in [0.4, 0.5) is 5.69 Å². The Morgan fingerprint density at radius 2 is 1.96 bits per heavy atom. The first-order valence-electron chi connectivity index (χ1n) is 9.32. The minimum Gasteiger partial charge on any atom is -0.494 e. The molecular weight excluding hydrogens is 352 g/mol. The number of ether oxygens (including phenoxy) is 1. The molecule has 1 aromatic carbocycles. The lowest BCUT2D eigenvalue weighted by atomic mass is 9.95. The highest BCUT2D eigenvalue weighted by atomic mass is 32.2. The van der Waals surface area contributed by atoms with Crippen LogP contribution >= 0.6 is 0 Å². The predicted octanol–water partition coefficient (Wildman–Crippen LogP) is 2.54. The normalized spacial score (nSPS) is 25.7. The summed E-state index contributed by atoms with van der Waals surface area (Å²) in [5, 5.41) is 3.09. The summed E-state index contributed by atoms with van der Waals surface area (Å²) in [6, 6.07) is 6.17. The average Bonchev–Trinajstić information content (AvgIpc) is 3.18. The minimum absolute atomic E-state index is 0.186. The Morgan fingerprint density at radius 3 is 2.46 bits per heavy atom. The first-order valence-corrected chi connectivity index (χ1v) is 11.2. The van der Waals surface area contributed by atoms with Crippen molar-refractivity contribution in [2.24, 2.45) is 11.8 Å². The number of amides is 1. The van der Waals surface area contributed by atoms with Crippen LogP contribution in [0.25, 0.3) is 0 Å². The molecule has 4 atom stereocenters. The fraction of sp³-hybridized carbons (Fsp3) is 0.632. The third-order valence-corrected chi connectivity index (χ3v) is 6.80. The molecule has 2 bridgehead atoms. The fourth-order valence-electron chi connectivity index (χ4n) is 4.39. The van der Waals surface area contributed by atoms with Crippen LogP contribution in [0.15, 0.2) is 24.3 Å². The molecule has 1 N–H and O–H groups in total.